The molecule has 1 amide bonds. The van der Waals surface area contributed by atoms with E-state index in [1.54, 1.807) is 36.8 Å². The van der Waals surface area contributed by atoms with Gasteiger partial charge in [-0.2, -0.15) is 5.26 Å². The first-order valence-electron chi connectivity index (χ1n) is 13.4. The standard InChI is InChI=1S/C30H31F2N7O3/c1-6-18-9-21(14-33)34-15-24(18)38(3)26-11-23-27(35-17-37(23)2)28(36-26)39(29(40)20-12-30(31,32)13-20)16-19-7-8-22(41-4)10-25(19)42-5/h7-11,15,17,20H,6,12-13,16H2,1-5H3. The number of fused-ring (bicyclic) bond motifs is 1. The van der Waals surface area contributed by atoms with Gasteiger partial charge in [-0.25, -0.2) is 23.7 Å². The number of halogens is 2. The van der Waals surface area contributed by atoms with E-state index in [4.69, 9.17) is 14.5 Å². The molecule has 5 rings (SSSR count). The molecule has 0 bridgehead atoms. The minimum atomic E-state index is -2.88. The van der Waals surface area contributed by atoms with Crippen LogP contribution in [0.3, 0.4) is 0 Å². The number of imidazole rings is 1. The lowest BCUT2D eigenvalue weighted by molar-refractivity contribution is -0.147. The number of methoxy groups -OCH3 is 2. The van der Waals surface area contributed by atoms with Crippen molar-refractivity contribution in [2.24, 2.45) is 13.0 Å². The molecule has 0 N–H and O–H groups in total. The van der Waals surface area contributed by atoms with Gasteiger partial charge in [-0.15, -0.1) is 0 Å². The Labute approximate surface area is 242 Å². The number of benzene rings is 1. The fourth-order valence-corrected chi connectivity index (χ4v) is 5.18. The number of carbonyl (C=O) groups excluding carboxylic acids is 1. The molecular weight excluding hydrogens is 544 g/mol. The third-order valence-electron chi connectivity index (χ3n) is 7.63. The van der Waals surface area contributed by atoms with Gasteiger partial charge in [-0.1, -0.05) is 6.92 Å². The number of hydrogen-bond donors (Lipinski definition) is 0. The number of nitrogens with zero attached hydrogens (tertiary/aromatic N) is 7. The van der Waals surface area contributed by atoms with Gasteiger partial charge in [0.1, 0.15) is 34.6 Å². The summed E-state index contributed by atoms with van der Waals surface area (Å²) in [5.41, 5.74) is 3.74. The zero-order chi connectivity index (χ0) is 30.2. The van der Waals surface area contributed by atoms with Crippen LogP contribution in [0.1, 0.15) is 36.6 Å². The second-order valence-corrected chi connectivity index (χ2v) is 10.3. The summed E-state index contributed by atoms with van der Waals surface area (Å²) in [5, 5.41) is 9.32. The van der Waals surface area contributed by atoms with Crippen LogP contribution < -0.4 is 19.3 Å². The molecule has 3 aromatic heterocycles. The van der Waals surface area contributed by atoms with Gasteiger partial charge in [-0.05, 0) is 30.2 Å². The van der Waals surface area contributed by atoms with Crippen LogP contribution in [-0.2, 0) is 24.8 Å². The van der Waals surface area contributed by atoms with Gasteiger partial charge in [0.15, 0.2) is 5.82 Å². The average Bonchev–Trinajstić information content (AvgIpc) is 3.37. The number of alkyl halides is 2. The molecule has 10 nitrogen and oxygen atoms in total. The molecule has 3 heterocycles. The van der Waals surface area contributed by atoms with Crippen molar-refractivity contribution in [1.82, 2.24) is 19.5 Å². The Balaban J connectivity index is 1.65. The quantitative estimate of drug-likeness (QED) is 0.269. The van der Waals surface area contributed by atoms with Crippen LogP contribution in [0.15, 0.2) is 42.9 Å². The summed E-state index contributed by atoms with van der Waals surface area (Å²) in [5.74, 6) is -2.42. The van der Waals surface area contributed by atoms with Gasteiger partial charge in [0.05, 0.1) is 44.5 Å². The van der Waals surface area contributed by atoms with E-state index in [9.17, 15) is 18.8 Å². The Morgan fingerprint density at radius 1 is 1.17 bits per heavy atom. The Bertz CT molecular complexity index is 1690. The highest BCUT2D eigenvalue weighted by atomic mass is 19.3. The molecule has 1 aliphatic rings. The lowest BCUT2D eigenvalue weighted by Crippen LogP contribution is -2.47. The third-order valence-corrected chi connectivity index (χ3v) is 7.63. The van der Waals surface area contributed by atoms with Crippen molar-refractivity contribution in [3.05, 3.63) is 59.7 Å². The maximum Gasteiger partial charge on any atom is 0.249 e. The SMILES string of the molecule is CCc1cc(C#N)ncc1N(C)c1cc2c(ncn2C)c(N(Cc2ccc(OC)cc2OC)C(=O)C2CC(F)(F)C2)n1. The Kier molecular flexibility index (Phi) is 7.69. The predicted octanol–water partition coefficient (Wildman–Crippen LogP) is 5.16. The summed E-state index contributed by atoms with van der Waals surface area (Å²) >= 11 is 0. The second kappa shape index (κ2) is 11.2. The smallest absolute Gasteiger partial charge is 0.249 e. The van der Waals surface area contributed by atoms with Gasteiger partial charge in [0.25, 0.3) is 0 Å². The van der Waals surface area contributed by atoms with E-state index in [0.29, 0.717) is 46.0 Å². The van der Waals surface area contributed by atoms with Crippen LogP contribution in [0.5, 0.6) is 11.5 Å². The number of ether oxygens (including phenoxy) is 2. The number of nitriles is 1. The van der Waals surface area contributed by atoms with Crippen molar-refractivity contribution in [1.29, 1.82) is 5.26 Å². The van der Waals surface area contributed by atoms with E-state index in [-0.39, 0.29) is 12.4 Å². The normalized spacial score (nSPS) is 14.2. The van der Waals surface area contributed by atoms with Crippen molar-refractivity contribution in [3.8, 4) is 17.6 Å². The molecule has 4 aromatic rings. The van der Waals surface area contributed by atoms with Gasteiger partial charge in [-0.3, -0.25) is 9.69 Å². The highest BCUT2D eigenvalue weighted by Gasteiger charge is 2.50. The highest BCUT2D eigenvalue weighted by molar-refractivity contribution is 6.02. The molecule has 0 atom stereocenters. The number of carbonyl (C=O) groups is 1. The molecule has 1 aromatic carbocycles. The Morgan fingerprint density at radius 2 is 1.93 bits per heavy atom. The first kappa shape index (κ1) is 28.7. The van der Waals surface area contributed by atoms with Crippen LogP contribution in [0, 0.1) is 17.2 Å². The van der Waals surface area contributed by atoms with Crippen LogP contribution in [0.25, 0.3) is 11.0 Å². The van der Waals surface area contributed by atoms with Gasteiger partial charge < -0.3 is 18.9 Å². The molecule has 0 radical (unpaired) electrons. The Hall–Kier alpha value is -4.79. The Morgan fingerprint density at radius 3 is 2.57 bits per heavy atom. The van der Waals surface area contributed by atoms with Crippen molar-refractivity contribution in [2.45, 2.75) is 38.7 Å². The molecule has 0 aliphatic heterocycles. The number of aromatic nitrogens is 4. The van der Waals surface area contributed by atoms with Gasteiger partial charge in [0.2, 0.25) is 11.8 Å². The van der Waals surface area contributed by atoms with E-state index in [1.807, 2.05) is 36.6 Å². The molecule has 0 unspecified atom stereocenters. The molecular formula is C30H31F2N7O3. The van der Waals surface area contributed by atoms with Crippen molar-refractivity contribution < 1.29 is 23.0 Å². The first-order chi connectivity index (χ1) is 20.1. The van der Waals surface area contributed by atoms with Crippen LogP contribution in [-0.4, -0.2) is 52.6 Å². The number of anilines is 3. The lowest BCUT2D eigenvalue weighted by Gasteiger charge is -2.37. The lowest BCUT2D eigenvalue weighted by atomic mass is 9.80. The number of amides is 1. The summed E-state index contributed by atoms with van der Waals surface area (Å²) in [6, 6.07) is 10.9. The molecule has 0 spiro atoms. The zero-order valence-electron chi connectivity index (χ0n) is 24.1. The van der Waals surface area contributed by atoms with E-state index in [0.717, 1.165) is 11.3 Å². The largest absolute Gasteiger partial charge is 0.497 e. The number of rotatable bonds is 9. The zero-order valence-corrected chi connectivity index (χ0v) is 24.1. The molecule has 42 heavy (non-hydrogen) atoms. The fraction of sp³-hybridized carbons (Fsp3) is 0.367. The summed E-state index contributed by atoms with van der Waals surface area (Å²) in [6.07, 6.45) is 2.84. The molecule has 0 saturated heterocycles. The molecule has 1 aliphatic carbocycles. The number of hydrogen-bond acceptors (Lipinski definition) is 8. The predicted molar refractivity (Wildman–Crippen MR) is 153 cm³/mol. The molecule has 12 heteroatoms. The topological polar surface area (TPSA) is 109 Å². The third kappa shape index (κ3) is 5.30. The second-order valence-electron chi connectivity index (χ2n) is 10.3. The van der Waals surface area contributed by atoms with Crippen LogP contribution in [0.2, 0.25) is 0 Å². The van der Waals surface area contributed by atoms with Gasteiger partial charge >= 0.3 is 0 Å². The molecule has 218 valence electrons. The van der Waals surface area contributed by atoms with E-state index in [1.165, 1.54) is 19.1 Å². The fourth-order valence-electron chi connectivity index (χ4n) is 5.18. The van der Waals surface area contributed by atoms with Crippen molar-refractivity contribution >= 4 is 34.3 Å². The maximum absolute atomic E-state index is 13.9. The molecule has 1 saturated carbocycles. The van der Waals surface area contributed by atoms with Crippen molar-refractivity contribution in [3.63, 3.8) is 0 Å². The molecule has 1 fully saturated rings. The maximum atomic E-state index is 13.9. The summed E-state index contributed by atoms with van der Waals surface area (Å²) in [4.78, 5) is 30.8. The van der Waals surface area contributed by atoms with Gasteiger partial charge in [0, 0.05) is 50.6 Å². The number of aryl methyl sites for hydroxylation is 2. The monoisotopic (exact) mass is 575 g/mol. The summed E-state index contributed by atoms with van der Waals surface area (Å²) in [6.45, 7) is 1.99. The summed E-state index contributed by atoms with van der Waals surface area (Å²) in [7, 11) is 6.70. The average molecular weight is 576 g/mol. The van der Waals surface area contributed by atoms with E-state index >= 15 is 0 Å². The minimum Gasteiger partial charge on any atom is -0.497 e. The van der Waals surface area contributed by atoms with Crippen LogP contribution >= 0.6 is 0 Å². The number of pyridine rings is 2. The highest BCUT2D eigenvalue weighted by Crippen LogP contribution is 2.44. The van der Waals surface area contributed by atoms with E-state index < -0.39 is 30.6 Å². The first-order valence-corrected chi connectivity index (χ1v) is 13.4. The minimum absolute atomic E-state index is 0.0124. The summed E-state index contributed by atoms with van der Waals surface area (Å²) < 4.78 is 40.5. The van der Waals surface area contributed by atoms with Crippen LogP contribution in [0.4, 0.5) is 26.1 Å². The van der Waals surface area contributed by atoms with E-state index in [2.05, 4.69) is 16.0 Å². The van der Waals surface area contributed by atoms with Crippen molar-refractivity contribution in [2.75, 3.05) is 31.1 Å².